The van der Waals surface area contributed by atoms with Gasteiger partial charge in [0.15, 0.2) is 0 Å². The van der Waals surface area contributed by atoms with Crippen molar-refractivity contribution in [3.8, 4) is 5.75 Å². The van der Waals surface area contributed by atoms with E-state index in [2.05, 4.69) is 22.1 Å². The highest BCUT2D eigenvalue weighted by Gasteiger charge is 2.34. The number of hydrogen-bond donors (Lipinski definition) is 2. The van der Waals surface area contributed by atoms with Gasteiger partial charge in [0.2, 0.25) is 5.91 Å². The van der Waals surface area contributed by atoms with Crippen LogP contribution in [0.4, 0.5) is 8.78 Å². The molecule has 38 heavy (non-hydrogen) atoms. The Kier molecular flexibility index (Phi) is 8.09. The van der Waals surface area contributed by atoms with E-state index in [0.29, 0.717) is 30.5 Å². The van der Waals surface area contributed by atoms with Gasteiger partial charge in [-0.25, -0.2) is 8.78 Å². The van der Waals surface area contributed by atoms with Crippen molar-refractivity contribution in [3.63, 3.8) is 0 Å². The summed E-state index contributed by atoms with van der Waals surface area (Å²) in [6.07, 6.45) is 8.61. The number of piperidine rings is 2. The summed E-state index contributed by atoms with van der Waals surface area (Å²) in [5.41, 5.74) is 2.72. The molecule has 1 unspecified atom stereocenters. The maximum atomic E-state index is 13.4. The minimum atomic E-state index is -0.668. The third-order valence-electron chi connectivity index (χ3n) is 8.24. The summed E-state index contributed by atoms with van der Waals surface area (Å²) < 4.78 is 32.4. The van der Waals surface area contributed by atoms with Gasteiger partial charge in [-0.3, -0.25) is 9.69 Å². The van der Waals surface area contributed by atoms with E-state index in [0.717, 1.165) is 56.1 Å². The molecule has 8 heteroatoms. The van der Waals surface area contributed by atoms with Gasteiger partial charge >= 0.3 is 0 Å². The monoisotopic (exact) mass is 523 g/mol. The second kappa shape index (κ2) is 11.7. The van der Waals surface area contributed by atoms with Crippen molar-refractivity contribution in [2.24, 2.45) is 5.92 Å². The van der Waals surface area contributed by atoms with E-state index in [1.807, 2.05) is 12.1 Å². The van der Waals surface area contributed by atoms with E-state index in [9.17, 15) is 18.7 Å². The number of halogens is 2. The quantitative estimate of drug-likeness (QED) is 0.430. The number of aliphatic hydroxyl groups is 1. The highest BCUT2D eigenvalue weighted by Crippen LogP contribution is 2.38. The summed E-state index contributed by atoms with van der Waals surface area (Å²) in [7, 11) is 1.71. The lowest BCUT2D eigenvalue weighted by molar-refractivity contribution is -0.127. The van der Waals surface area contributed by atoms with Crippen molar-refractivity contribution >= 4 is 22.9 Å². The van der Waals surface area contributed by atoms with Gasteiger partial charge in [0, 0.05) is 48.4 Å². The summed E-state index contributed by atoms with van der Waals surface area (Å²) in [5, 5.41) is 11.5. The topological polar surface area (TPSA) is 68.8 Å². The van der Waals surface area contributed by atoms with Gasteiger partial charge < -0.3 is 19.7 Å². The van der Waals surface area contributed by atoms with E-state index in [1.54, 1.807) is 12.0 Å². The number of carbonyl (C=O) groups excluding carboxylic acids is 1. The van der Waals surface area contributed by atoms with Crippen molar-refractivity contribution < 1.29 is 23.4 Å². The third-order valence-corrected chi connectivity index (χ3v) is 8.24. The molecule has 0 bridgehead atoms. The molecule has 202 valence electrons. The fourth-order valence-electron chi connectivity index (χ4n) is 6.22. The number of aromatic amines is 1. The zero-order chi connectivity index (χ0) is 26.6. The number of benzene rings is 2. The molecular formula is C30H35F2N3O3. The molecule has 2 aliphatic rings. The van der Waals surface area contributed by atoms with E-state index in [4.69, 9.17) is 4.74 Å². The molecule has 5 rings (SSSR count). The van der Waals surface area contributed by atoms with Crippen LogP contribution >= 0.6 is 0 Å². The maximum Gasteiger partial charge on any atom is 0.246 e. The van der Waals surface area contributed by atoms with Gasteiger partial charge in [-0.05, 0) is 92.1 Å². The summed E-state index contributed by atoms with van der Waals surface area (Å²) >= 11 is 0. The first-order chi connectivity index (χ1) is 18.5. The van der Waals surface area contributed by atoms with Crippen LogP contribution in [0, 0.1) is 17.6 Å². The standard InChI is InChI=1S/C30H35F2N3O3/c1-38-28-4-2-3-26-30(28)25(18-33-26)21-7-11-34(12-8-21)27(19-36)22-9-13-35(14-10-22)29(37)6-5-20-15-23(31)17-24(32)16-20/h2-6,15-18,21-22,27,33,36H,7-14,19H2,1H3/b6-5+. The number of ether oxygens (including phenoxy) is 1. The zero-order valence-corrected chi connectivity index (χ0v) is 21.7. The molecule has 0 radical (unpaired) electrons. The molecule has 2 aromatic carbocycles. The van der Waals surface area contributed by atoms with Crippen LogP contribution in [0.1, 0.15) is 42.7 Å². The largest absolute Gasteiger partial charge is 0.496 e. The zero-order valence-electron chi connectivity index (χ0n) is 21.7. The lowest BCUT2D eigenvalue weighted by atomic mass is 9.84. The fraction of sp³-hybridized carbons (Fsp3) is 0.433. The SMILES string of the molecule is COc1cccc2[nH]cc(C3CCN(C(CO)C4CCN(C(=O)/C=C/c5cc(F)cc(F)c5)CC4)CC3)c12. The second-order valence-electron chi connectivity index (χ2n) is 10.4. The molecule has 1 aromatic heterocycles. The van der Waals surface area contributed by atoms with Crippen LogP contribution in [-0.2, 0) is 4.79 Å². The number of hydrogen-bond acceptors (Lipinski definition) is 4. The lowest BCUT2D eigenvalue weighted by Crippen LogP contribution is -2.50. The van der Waals surface area contributed by atoms with Crippen LogP contribution in [0.5, 0.6) is 5.75 Å². The van der Waals surface area contributed by atoms with E-state index in [-0.39, 0.29) is 18.6 Å². The van der Waals surface area contributed by atoms with E-state index in [1.165, 1.54) is 35.2 Å². The van der Waals surface area contributed by atoms with Crippen molar-refractivity contribution in [2.45, 2.75) is 37.6 Å². The lowest BCUT2D eigenvalue weighted by Gasteiger charge is -2.43. The molecule has 6 nitrogen and oxygen atoms in total. The average Bonchev–Trinajstić information content (AvgIpc) is 3.37. The van der Waals surface area contributed by atoms with Crippen LogP contribution in [0.3, 0.4) is 0 Å². The highest BCUT2D eigenvalue weighted by atomic mass is 19.1. The van der Waals surface area contributed by atoms with E-state index >= 15 is 0 Å². The molecule has 3 heterocycles. The average molecular weight is 524 g/mol. The summed E-state index contributed by atoms with van der Waals surface area (Å²) in [6, 6.07) is 9.36. The van der Waals surface area contributed by atoms with Gasteiger partial charge in [0.05, 0.1) is 13.7 Å². The number of aliphatic hydroxyl groups excluding tert-OH is 1. The molecule has 0 aliphatic carbocycles. The predicted octanol–water partition coefficient (Wildman–Crippen LogP) is 4.95. The van der Waals surface area contributed by atoms with E-state index < -0.39 is 11.6 Å². The van der Waals surface area contributed by atoms with Crippen LogP contribution < -0.4 is 4.74 Å². The molecule has 0 saturated carbocycles. The van der Waals surface area contributed by atoms with Crippen LogP contribution in [-0.4, -0.2) is 71.7 Å². The Labute approximate surface area is 221 Å². The second-order valence-corrected chi connectivity index (χ2v) is 10.4. The van der Waals surface area contributed by atoms with Gasteiger partial charge in [-0.2, -0.15) is 0 Å². The smallest absolute Gasteiger partial charge is 0.246 e. The maximum absolute atomic E-state index is 13.4. The first-order valence-electron chi connectivity index (χ1n) is 13.4. The molecular weight excluding hydrogens is 488 g/mol. The third kappa shape index (κ3) is 5.61. The number of likely N-dealkylation sites (tertiary alicyclic amines) is 2. The predicted molar refractivity (Wildman–Crippen MR) is 144 cm³/mol. The first-order valence-corrected chi connectivity index (χ1v) is 13.4. The highest BCUT2D eigenvalue weighted by molar-refractivity contribution is 5.92. The minimum absolute atomic E-state index is 0.0801. The number of methoxy groups -OCH3 is 1. The normalized spacial score (nSPS) is 18.9. The van der Waals surface area contributed by atoms with Gasteiger partial charge in [0.25, 0.3) is 0 Å². The molecule has 2 saturated heterocycles. The number of amides is 1. The number of aromatic nitrogens is 1. The Hall–Kier alpha value is -3.23. The van der Waals surface area contributed by atoms with Crippen molar-refractivity contribution in [2.75, 3.05) is 39.9 Å². The molecule has 2 N–H and O–H groups in total. The Bertz CT molecular complexity index is 1270. The summed E-state index contributed by atoms with van der Waals surface area (Å²) in [6.45, 7) is 3.16. The summed E-state index contributed by atoms with van der Waals surface area (Å²) in [4.78, 5) is 20.2. The van der Waals surface area contributed by atoms with Gasteiger partial charge in [0.1, 0.15) is 17.4 Å². The minimum Gasteiger partial charge on any atom is -0.496 e. The number of nitrogens with one attached hydrogen (secondary N) is 1. The number of nitrogens with zero attached hydrogens (tertiary/aromatic N) is 2. The Balaban J connectivity index is 1.15. The van der Waals surface area contributed by atoms with Gasteiger partial charge in [-0.1, -0.05) is 6.07 Å². The number of H-pyrrole nitrogens is 1. The van der Waals surface area contributed by atoms with Crippen molar-refractivity contribution in [3.05, 3.63) is 71.4 Å². The number of carbonyl (C=O) groups is 1. The van der Waals surface area contributed by atoms with Crippen molar-refractivity contribution in [1.82, 2.24) is 14.8 Å². The molecule has 2 aliphatic heterocycles. The van der Waals surface area contributed by atoms with Crippen LogP contribution in [0.2, 0.25) is 0 Å². The first kappa shape index (κ1) is 26.4. The summed E-state index contributed by atoms with van der Waals surface area (Å²) in [5.74, 6) is 0.150. The van der Waals surface area contributed by atoms with Crippen LogP contribution in [0.15, 0.2) is 48.7 Å². The Morgan fingerprint density at radius 3 is 2.47 bits per heavy atom. The van der Waals surface area contributed by atoms with Crippen LogP contribution in [0.25, 0.3) is 17.0 Å². The van der Waals surface area contributed by atoms with Gasteiger partial charge in [-0.15, -0.1) is 0 Å². The molecule has 1 amide bonds. The fourth-order valence-corrected chi connectivity index (χ4v) is 6.22. The molecule has 3 aromatic rings. The molecule has 1 atom stereocenters. The molecule has 0 spiro atoms. The molecule has 2 fully saturated rings. The number of fused-ring (bicyclic) bond motifs is 1. The van der Waals surface area contributed by atoms with Crippen molar-refractivity contribution in [1.29, 1.82) is 0 Å². The number of rotatable bonds is 7. The Morgan fingerprint density at radius 2 is 1.82 bits per heavy atom. The Morgan fingerprint density at radius 1 is 1.11 bits per heavy atom.